The number of sulfonamides is 1. The summed E-state index contributed by atoms with van der Waals surface area (Å²) in [5.74, 6) is -0.178. The molecular weight excluding hydrogens is 324 g/mol. The molecular formula is C15H17ClN2O3S. The number of hydrogen-bond donors (Lipinski definition) is 1. The first kappa shape index (κ1) is 15.5. The van der Waals surface area contributed by atoms with E-state index in [0.29, 0.717) is 5.02 Å². The Morgan fingerprint density at radius 3 is 2.91 bits per heavy atom. The molecule has 1 aromatic rings. The minimum absolute atomic E-state index is 0.0642. The summed E-state index contributed by atoms with van der Waals surface area (Å²) in [6, 6.07) is 6.30. The molecule has 0 unspecified atom stereocenters. The lowest BCUT2D eigenvalue weighted by Crippen LogP contribution is -2.47. The van der Waals surface area contributed by atoms with Crippen molar-refractivity contribution in [2.24, 2.45) is 0 Å². The maximum absolute atomic E-state index is 12.3. The predicted octanol–water partition coefficient (Wildman–Crippen LogP) is 1.94. The quantitative estimate of drug-likeness (QED) is 0.852. The van der Waals surface area contributed by atoms with E-state index in [1.54, 1.807) is 17.0 Å². The monoisotopic (exact) mass is 340 g/mol. The third-order valence-corrected chi connectivity index (χ3v) is 5.75. The Bertz CT molecular complexity index is 717. The van der Waals surface area contributed by atoms with E-state index in [1.807, 2.05) is 6.08 Å². The van der Waals surface area contributed by atoms with Crippen molar-refractivity contribution in [2.45, 2.75) is 36.2 Å². The Morgan fingerprint density at radius 1 is 1.36 bits per heavy atom. The smallest absolute Gasteiger partial charge is 0.241 e. The van der Waals surface area contributed by atoms with E-state index in [9.17, 15) is 13.2 Å². The van der Waals surface area contributed by atoms with Crippen LogP contribution in [0.1, 0.15) is 19.3 Å². The molecule has 1 amide bonds. The molecule has 0 spiro atoms. The average Bonchev–Trinajstić information content (AvgIpc) is 2.74. The topological polar surface area (TPSA) is 66.5 Å². The van der Waals surface area contributed by atoms with Gasteiger partial charge in [0.25, 0.3) is 0 Å². The van der Waals surface area contributed by atoms with E-state index < -0.39 is 10.0 Å². The molecule has 1 aromatic carbocycles. The van der Waals surface area contributed by atoms with Crippen molar-refractivity contribution in [3.63, 3.8) is 0 Å². The lowest BCUT2D eigenvalue weighted by atomic mass is 10.1. The number of carbonyl (C=O) groups excluding carboxylic acids is 1. The molecule has 1 fully saturated rings. The van der Waals surface area contributed by atoms with Crippen molar-refractivity contribution < 1.29 is 13.2 Å². The lowest BCUT2D eigenvalue weighted by molar-refractivity contribution is -0.132. The van der Waals surface area contributed by atoms with Crippen LogP contribution < -0.4 is 4.72 Å². The van der Waals surface area contributed by atoms with Gasteiger partial charge in [-0.1, -0.05) is 29.8 Å². The van der Waals surface area contributed by atoms with Gasteiger partial charge in [-0.05, 0) is 37.5 Å². The molecule has 2 aliphatic rings. The number of amides is 1. The molecule has 2 atom stereocenters. The Morgan fingerprint density at radius 2 is 2.18 bits per heavy atom. The molecule has 1 N–H and O–H groups in total. The molecule has 1 saturated heterocycles. The summed E-state index contributed by atoms with van der Waals surface area (Å²) in [7, 11) is -3.73. The van der Waals surface area contributed by atoms with Crippen molar-refractivity contribution in [1.29, 1.82) is 0 Å². The van der Waals surface area contributed by atoms with Crippen LogP contribution in [0.2, 0.25) is 5.02 Å². The largest absolute Gasteiger partial charge is 0.332 e. The van der Waals surface area contributed by atoms with E-state index >= 15 is 0 Å². The minimum Gasteiger partial charge on any atom is -0.332 e. The molecule has 7 heteroatoms. The van der Waals surface area contributed by atoms with Gasteiger partial charge in [0.05, 0.1) is 17.5 Å². The second-order valence-corrected chi connectivity index (χ2v) is 7.75. The van der Waals surface area contributed by atoms with Gasteiger partial charge in [0.1, 0.15) is 0 Å². The van der Waals surface area contributed by atoms with Gasteiger partial charge in [0, 0.05) is 11.1 Å². The molecule has 5 nitrogen and oxygen atoms in total. The first-order valence-corrected chi connectivity index (χ1v) is 9.06. The molecule has 0 aromatic heterocycles. The minimum atomic E-state index is -3.73. The van der Waals surface area contributed by atoms with Crippen LogP contribution in [0.3, 0.4) is 0 Å². The van der Waals surface area contributed by atoms with E-state index in [4.69, 9.17) is 11.6 Å². The summed E-state index contributed by atoms with van der Waals surface area (Å²) in [5, 5.41) is 0.341. The number of nitrogens with zero attached hydrogens (tertiary/aromatic N) is 1. The normalized spacial score (nSPS) is 23.8. The number of benzene rings is 1. The first-order chi connectivity index (χ1) is 10.5. The van der Waals surface area contributed by atoms with Crippen LogP contribution in [0.4, 0.5) is 0 Å². The molecule has 2 bridgehead atoms. The highest BCUT2D eigenvalue weighted by Crippen LogP contribution is 2.31. The summed E-state index contributed by atoms with van der Waals surface area (Å²) < 4.78 is 26.8. The van der Waals surface area contributed by atoms with Gasteiger partial charge in [-0.25, -0.2) is 13.1 Å². The third kappa shape index (κ3) is 3.04. The van der Waals surface area contributed by atoms with E-state index in [2.05, 4.69) is 10.8 Å². The van der Waals surface area contributed by atoms with Gasteiger partial charge in [0.2, 0.25) is 15.9 Å². The highest BCUT2D eigenvalue weighted by Gasteiger charge is 2.37. The van der Waals surface area contributed by atoms with Gasteiger partial charge in [-0.3, -0.25) is 4.79 Å². The van der Waals surface area contributed by atoms with Crippen LogP contribution in [0.25, 0.3) is 0 Å². The molecule has 118 valence electrons. The number of rotatable bonds is 4. The van der Waals surface area contributed by atoms with Crippen molar-refractivity contribution in [3.05, 3.63) is 41.4 Å². The van der Waals surface area contributed by atoms with Gasteiger partial charge >= 0.3 is 0 Å². The van der Waals surface area contributed by atoms with Crippen molar-refractivity contribution in [2.75, 3.05) is 6.54 Å². The van der Waals surface area contributed by atoms with Gasteiger partial charge in [-0.15, -0.1) is 0 Å². The first-order valence-electron chi connectivity index (χ1n) is 7.20. The van der Waals surface area contributed by atoms with E-state index in [0.717, 1.165) is 19.3 Å². The van der Waals surface area contributed by atoms with E-state index in [1.165, 1.54) is 12.1 Å². The summed E-state index contributed by atoms with van der Waals surface area (Å²) >= 11 is 5.81. The second kappa shape index (κ2) is 6.02. The average molecular weight is 341 g/mol. The number of halogens is 1. The zero-order valence-corrected chi connectivity index (χ0v) is 13.5. The summed E-state index contributed by atoms with van der Waals surface area (Å²) in [6.45, 7) is -0.227. The number of carbonyl (C=O) groups is 1. The number of nitrogens with one attached hydrogen (secondary N) is 1. The van der Waals surface area contributed by atoms with Crippen LogP contribution in [0, 0.1) is 0 Å². The fourth-order valence-electron chi connectivity index (χ4n) is 3.08. The highest BCUT2D eigenvalue weighted by molar-refractivity contribution is 7.89. The van der Waals surface area contributed by atoms with Crippen molar-refractivity contribution >= 4 is 27.5 Å². The summed E-state index contributed by atoms with van der Waals surface area (Å²) in [6.07, 6.45) is 6.91. The predicted molar refractivity (Wildman–Crippen MR) is 84.1 cm³/mol. The molecule has 22 heavy (non-hydrogen) atoms. The number of hydrogen-bond acceptors (Lipinski definition) is 3. The zero-order chi connectivity index (χ0) is 15.7. The maximum atomic E-state index is 12.3. The van der Waals surface area contributed by atoms with Crippen molar-refractivity contribution in [3.8, 4) is 0 Å². The van der Waals surface area contributed by atoms with Crippen LogP contribution in [-0.4, -0.2) is 37.9 Å². The Kier molecular flexibility index (Phi) is 4.25. The van der Waals surface area contributed by atoms with Crippen molar-refractivity contribution in [1.82, 2.24) is 9.62 Å². The zero-order valence-electron chi connectivity index (χ0n) is 11.9. The molecule has 2 aliphatic heterocycles. The fourth-order valence-corrected chi connectivity index (χ4v) is 4.35. The highest BCUT2D eigenvalue weighted by atomic mass is 35.5. The lowest BCUT2D eigenvalue weighted by Gasteiger charge is -2.31. The number of fused-ring (bicyclic) bond motifs is 2. The Labute approximate surface area is 135 Å². The Hall–Kier alpha value is -1.37. The van der Waals surface area contributed by atoms with Gasteiger partial charge < -0.3 is 4.90 Å². The molecule has 2 heterocycles. The summed E-state index contributed by atoms with van der Waals surface area (Å²) in [4.78, 5) is 14.2. The molecule has 0 saturated carbocycles. The summed E-state index contributed by atoms with van der Waals surface area (Å²) in [5.41, 5.74) is 0. The second-order valence-electron chi connectivity index (χ2n) is 5.55. The van der Waals surface area contributed by atoms with Crippen LogP contribution in [-0.2, 0) is 14.8 Å². The SMILES string of the molecule is O=C(CNS(=O)(=O)c1cccc(Cl)c1)N1[C@H]2CC=C[C@H]1CC2. The maximum Gasteiger partial charge on any atom is 0.241 e. The van der Waals surface area contributed by atoms with Crippen LogP contribution in [0.5, 0.6) is 0 Å². The van der Waals surface area contributed by atoms with Crippen LogP contribution >= 0.6 is 11.6 Å². The van der Waals surface area contributed by atoms with Gasteiger partial charge in [0.15, 0.2) is 0 Å². The van der Waals surface area contributed by atoms with Gasteiger partial charge in [-0.2, -0.15) is 0 Å². The standard InChI is InChI=1S/C15H17ClN2O3S/c16-11-3-1-6-14(9-11)22(20,21)17-10-15(19)18-12-4-2-5-13(18)8-7-12/h1-4,6,9,12-13,17H,5,7-8,10H2/t12-,13-/m0/s1. The molecule has 0 radical (unpaired) electrons. The van der Waals surface area contributed by atoms with Crippen LogP contribution in [0.15, 0.2) is 41.3 Å². The Balaban J connectivity index is 1.67. The molecule has 0 aliphatic carbocycles. The molecule has 3 rings (SSSR count). The fraction of sp³-hybridized carbons (Fsp3) is 0.400. The van der Waals surface area contributed by atoms with E-state index in [-0.39, 0.29) is 29.4 Å². The third-order valence-electron chi connectivity index (χ3n) is 4.12.